The number of carbonyl (C=O) groups excluding carboxylic acids is 1. The molecule has 0 atom stereocenters. The molecule has 16 heavy (non-hydrogen) atoms. The summed E-state index contributed by atoms with van der Waals surface area (Å²) < 4.78 is 5.21. The number of aromatic nitrogens is 2. The molecule has 0 saturated heterocycles. The van der Waals surface area contributed by atoms with Crippen LogP contribution in [0.5, 0.6) is 5.75 Å². The molecule has 4 nitrogen and oxygen atoms in total. The molecule has 0 aromatic carbocycles. The van der Waals surface area contributed by atoms with Crippen molar-refractivity contribution in [1.29, 1.82) is 0 Å². The van der Waals surface area contributed by atoms with Crippen LogP contribution in [-0.4, -0.2) is 22.9 Å². The number of hydrogen-bond acceptors (Lipinski definition) is 4. The number of pyridine rings is 2. The topological polar surface area (TPSA) is 52.1 Å². The second-order valence-corrected chi connectivity index (χ2v) is 3.49. The van der Waals surface area contributed by atoms with E-state index in [9.17, 15) is 4.79 Å². The fraction of sp³-hybridized carbons (Fsp3) is 0.0833. The van der Waals surface area contributed by atoms with Gasteiger partial charge >= 0.3 is 0 Å². The van der Waals surface area contributed by atoms with Crippen LogP contribution in [-0.2, 0) is 0 Å². The van der Waals surface area contributed by atoms with Crippen molar-refractivity contribution in [2.45, 2.75) is 0 Å². The molecule has 1 aliphatic carbocycles. The minimum Gasteiger partial charge on any atom is -0.494 e. The van der Waals surface area contributed by atoms with Gasteiger partial charge in [0, 0.05) is 18.0 Å². The maximum Gasteiger partial charge on any atom is 0.197 e. The first kappa shape index (κ1) is 9.03. The first-order valence-corrected chi connectivity index (χ1v) is 4.85. The smallest absolute Gasteiger partial charge is 0.197 e. The predicted molar refractivity (Wildman–Crippen MR) is 57.5 cm³/mol. The lowest BCUT2D eigenvalue weighted by molar-refractivity contribution is 0.104. The van der Waals surface area contributed by atoms with E-state index in [2.05, 4.69) is 9.97 Å². The summed E-state index contributed by atoms with van der Waals surface area (Å²) in [5, 5.41) is 0. The van der Waals surface area contributed by atoms with Crippen LogP contribution in [0, 0.1) is 0 Å². The lowest BCUT2D eigenvalue weighted by Crippen LogP contribution is -1.96. The summed E-state index contributed by atoms with van der Waals surface area (Å²) in [5.41, 5.74) is 2.61. The molecular formula is C12H8N2O2. The van der Waals surface area contributed by atoms with E-state index in [0.29, 0.717) is 22.6 Å². The molecule has 2 heterocycles. The van der Waals surface area contributed by atoms with Crippen LogP contribution in [0.15, 0.2) is 30.7 Å². The third kappa shape index (κ3) is 1.01. The van der Waals surface area contributed by atoms with Gasteiger partial charge in [-0.05, 0) is 12.1 Å². The molecule has 3 rings (SSSR count). The van der Waals surface area contributed by atoms with Crippen molar-refractivity contribution in [3.63, 3.8) is 0 Å². The molecule has 0 saturated carbocycles. The van der Waals surface area contributed by atoms with E-state index in [0.717, 1.165) is 5.56 Å². The maximum absolute atomic E-state index is 12.0. The number of nitrogens with zero attached hydrogens (tertiary/aromatic N) is 2. The van der Waals surface area contributed by atoms with E-state index in [4.69, 9.17) is 4.74 Å². The Morgan fingerprint density at radius 2 is 2.12 bits per heavy atom. The molecule has 78 valence electrons. The van der Waals surface area contributed by atoms with Crippen molar-refractivity contribution >= 4 is 5.78 Å². The molecule has 0 aliphatic heterocycles. The average Bonchev–Trinajstić information content (AvgIpc) is 2.64. The van der Waals surface area contributed by atoms with Crippen molar-refractivity contribution in [3.05, 3.63) is 41.9 Å². The minimum absolute atomic E-state index is 0.0375. The van der Waals surface area contributed by atoms with Gasteiger partial charge in [-0.3, -0.25) is 14.8 Å². The highest BCUT2D eigenvalue weighted by Gasteiger charge is 2.30. The van der Waals surface area contributed by atoms with Crippen LogP contribution in [0.25, 0.3) is 11.3 Å². The van der Waals surface area contributed by atoms with Gasteiger partial charge in [0.1, 0.15) is 5.75 Å². The highest BCUT2D eigenvalue weighted by molar-refractivity contribution is 6.21. The molecule has 2 aromatic heterocycles. The van der Waals surface area contributed by atoms with Gasteiger partial charge in [-0.2, -0.15) is 0 Å². The molecular weight excluding hydrogens is 204 g/mol. The predicted octanol–water partition coefficient (Wildman–Crippen LogP) is 1.70. The number of methoxy groups -OCH3 is 1. The summed E-state index contributed by atoms with van der Waals surface area (Å²) in [7, 11) is 1.56. The molecule has 0 N–H and O–H groups in total. The molecule has 0 amide bonds. The van der Waals surface area contributed by atoms with Crippen LogP contribution in [0.4, 0.5) is 0 Å². The average molecular weight is 212 g/mol. The number of rotatable bonds is 1. The van der Waals surface area contributed by atoms with Crippen LogP contribution in [0.1, 0.15) is 15.9 Å². The molecule has 0 fully saturated rings. The Bertz CT molecular complexity index is 593. The minimum atomic E-state index is -0.0375. The fourth-order valence-corrected chi connectivity index (χ4v) is 1.95. The molecule has 0 radical (unpaired) electrons. The number of ketones is 1. The molecule has 0 unspecified atom stereocenters. The quantitative estimate of drug-likeness (QED) is 0.616. The van der Waals surface area contributed by atoms with Gasteiger partial charge in [-0.25, -0.2) is 0 Å². The summed E-state index contributed by atoms with van der Waals surface area (Å²) in [4.78, 5) is 20.2. The van der Waals surface area contributed by atoms with E-state index in [1.165, 1.54) is 0 Å². The van der Waals surface area contributed by atoms with Gasteiger partial charge in [0.15, 0.2) is 5.78 Å². The Kier molecular flexibility index (Phi) is 1.77. The first-order valence-electron chi connectivity index (χ1n) is 4.85. The summed E-state index contributed by atoms with van der Waals surface area (Å²) in [6.45, 7) is 0. The number of fused-ring (bicyclic) bond motifs is 3. The van der Waals surface area contributed by atoms with Crippen molar-refractivity contribution in [2.24, 2.45) is 0 Å². The lowest BCUT2D eigenvalue weighted by atomic mass is 10.1. The second-order valence-electron chi connectivity index (χ2n) is 3.49. The van der Waals surface area contributed by atoms with Crippen molar-refractivity contribution in [3.8, 4) is 17.0 Å². The van der Waals surface area contributed by atoms with E-state index < -0.39 is 0 Å². The summed E-state index contributed by atoms with van der Waals surface area (Å²) in [5.74, 6) is 0.549. The third-order valence-corrected chi connectivity index (χ3v) is 2.66. The summed E-state index contributed by atoms with van der Waals surface area (Å²) in [6, 6.07) is 3.52. The zero-order valence-electron chi connectivity index (χ0n) is 8.60. The Balaban J connectivity index is 2.39. The van der Waals surface area contributed by atoms with Crippen LogP contribution in [0.3, 0.4) is 0 Å². The van der Waals surface area contributed by atoms with Crippen LogP contribution >= 0.6 is 0 Å². The molecule has 2 aromatic rings. The number of hydrogen-bond donors (Lipinski definition) is 0. The highest BCUT2D eigenvalue weighted by Crippen LogP contribution is 2.39. The highest BCUT2D eigenvalue weighted by atomic mass is 16.5. The largest absolute Gasteiger partial charge is 0.494 e. The Hall–Kier alpha value is -2.23. The van der Waals surface area contributed by atoms with E-state index in [1.54, 1.807) is 37.8 Å². The number of carbonyl (C=O) groups is 1. The van der Waals surface area contributed by atoms with Gasteiger partial charge in [-0.15, -0.1) is 0 Å². The molecule has 4 heteroatoms. The molecule has 0 bridgehead atoms. The zero-order chi connectivity index (χ0) is 11.1. The first-order chi connectivity index (χ1) is 7.83. The third-order valence-electron chi connectivity index (χ3n) is 2.66. The number of ether oxygens (including phenoxy) is 1. The molecule has 1 aliphatic rings. The molecule has 0 spiro atoms. The monoisotopic (exact) mass is 212 g/mol. The Morgan fingerprint density at radius 3 is 2.94 bits per heavy atom. The summed E-state index contributed by atoms with van der Waals surface area (Å²) in [6.07, 6.45) is 4.82. The maximum atomic E-state index is 12.0. The van der Waals surface area contributed by atoms with Gasteiger partial charge in [0.05, 0.1) is 30.1 Å². The zero-order valence-corrected chi connectivity index (χ0v) is 8.60. The Labute approximate surface area is 91.9 Å². The van der Waals surface area contributed by atoms with E-state index in [-0.39, 0.29) is 5.78 Å². The lowest BCUT2D eigenvalue weighted by Gasteiger charge is -2.04. The summed E-state index contributed by atoms with van der Waals surface area (Å²) >= 11 is 0. The van der Waals surface area contributed by atoms with Gasteiger partial charge in [0.2, 0.25) is 0 Å². The second kappa shape index (κ2) is 3.13. The SMILES string of the molecule is COc1cncc2c1-c1ncccc1C2=O. The van der Waals surface area contributed by atoms with Gasteiger partial charge in [-0.1, -0.05) is 0 Å². The van der Waals surface area contributed by atoms with Gasteiger partial charge < -0.3 is 4.74 Å². The van der Waals surface area contributed by atoms with Crippen molar-refractivity contribution in [2.75, 3.05) is 7.11 Å². The van der Waals surface area contributed by atoms with Gasteiger partial charge in [0.25, 0.3) is 0 Å². The van der Waals surface area contributed by atoms with Crippen molar-refractivity contribution in [1.82, 2.24) is 9.97 Å². The van der Waals surface area contributed by atoms with E-state index in [1.807, 2.05) is 0 Å². The standard InChI is InChI=1S/C12H8N2O2/c1-16-9-6-13-5-8-10(9)11-7(12(8)15)3-2-4-14-11/h2-6H,1H3. The van der Waals surface area contributed by atoms with Crippen molar-refractivity contribution < 1.29 is 9.53 Å². The van der Waals surface area contributed by atoms with E-state index >= 15 is 0 Å². The van der Waals surface area contributed by atoms with Crippen LogP contribution in [0.2, 0.25) is 0 Å². The van der Waals surface area contributed by atoms with Crippen LogP contribution < -0.4 is 4.74 Å². The fourth-order valence-electron chi connectivity index (χ4n) is 1.95. The normalized spacial score (nSPS) is 12.2. The Morgan fingerprint density at radius 1 is 1.25 bits per heavy atom.